The highest BCUT2D eigenvalue weighted by Crippen LogP contribution is 2.19. The number of benzene rings is 1. The number of nitrogens with one attached hydrogen (secondary N) is 1. The van der Waals surface area contributed by atoms with Gasteiger partial charge >= 0.3 is 0 Å². The van der Waals surface area contributed by atoms with Gasteiger partial charge in [-0.3, -0.25) is 4.99 Å². The molecular weight excluding hydrogens is 469 g/mol. The first-order chi connectivity index (χ1) is 12.2. The van der Waals surface area contributed by atoms with E-state index in [-0.39, 0.29) is 24.0 Å². The third-order valence-corrected chi connectivity index (χ3v) is 4.42. The molecule has 1 saturated heterocycles. The fraction of sp³-hybridized carbons (Fsp3) is 0.471. The number of rotatable bonds is 5. The van der Waals surface area contributed by atoms with Gasteiger partial charge < -0.3 is 19.5 Å². The third kappa shape index (κ3) is 5.31. The summed E-state index contributed by atoms with van der Waals surface area (Å²) in [6.45, 7) is 3.11. The normalized spacial score (nSPS) is 17.3. The molecule has 0 bridgehead atoms. The second-order valence-electron chi connectivity index (χ2n) is 5.98. The van der Waals surface area contributed by atoms with Crippen molar-refractivity contribution >= 4 is 41.5 Å². The van der Waals surface area contributed by atoms with Gasteiger partial charge in [-0.2, -0.15) is 4.98 Å². The van der Waals surface area contributed by atoms with Crippen molar-refractivity contribution < 1.29 is 9.26 Å². The SMILES string of the molecule is CN=C(NCc1nc(-c2ccc(Cl)cc2)no1)N1CCC(COC)C1.I. The highest BCUT2D eigenvalue weighted by molar-refractivity contribution is 14.0. The second-order valence-corrected chi connectivity index (χ2v) is 6.41. The van der Waals surface area contributed by atoms with E-state index in [1.807, 2.05) is 12.1 Å². The van der Waals surface area contributed by atoms with E-state index in [9.17, 15) is 0 Å². The maximum atomic E-state index is 5.90. The highest BCUT2D eigenvalue weighted by atomic mass is 127. The minimum absolute atomic E-state index is 0. The summed E-state index contributed by atoms with van der Waals surface area (Å²) < 4.78 is 10.6. The Bertz CT molecular complexity index is 722. The van der Waals surface area contributed by atoms with Gasteiger partial charge in [0.15, 0.2) is 5.96 Å². The standard InChI is InChI=1S/C17H22ClN5O2.HI/c1-19-17(23-8-7-12(10-23)11-24-2)20-9-15-21-16(22-25-15)13-3-5-14(18)6-4-13;/h3-6,12H,7-11H2,1-2H3,(H,19,20);1H. The quantitative estimate of drug-likeness (QED) is 0.394. The van der Waals surface area contributed by atoms with Crippen molar-refractivity contribution in [3.8, 4) is 11.4 Å². The van der Waals surface area contributed by atoms with Gasteiger partial charge in [-0.15, -0.1) is 24.0 Å². The van der Waals surface area contributed by atoms with Crippen LogP contribution in [0.1, 0.15) is 12.3 Å². The van der Waals surface area contributed by atoms with Crippen LogP contribution in [-0.2, 0) is 11.3 Å². The monoisotopic (exact) mass is 491 g/mol. The topological polar surface area (TPSA) is 75.8 Å². The first kappa shape index (κ1) is 20.9. The zero-order valence-corrected chi connectivity index (χ0v) is 17.9. The summed E-state index contributed by atoms with van der Waals surface area (Å²) in [7, 11) is 3.52. The van der Waals surface area contributed by atoms with Crippen LogP contribution in [0, 0.1) is 5.92 Å². The smallest absolute Gasteiger partial charge is 0.246 e. The molecule has 0 saturated carbocycles. The number of aromatic nitrogens is 2. The van der Waals surface area contributed by atoms with Crippen LogP contribution < -0.4 is 5.32 Å². The molecule has 142 valence electrons. The molecule has 0 spiro atoms. The van der Waals surface area contributed by atoms with Gasteiger partial charge in [0.2, 0.25) is 11.7 Å². The lowest BCUT2D eigenvalue weighted by atomic mass is 10.1. The number of methoxy groups -OCH3 is 1. The molecule has 2 heterocycles. The number of halogens is 2. The Morgan fingerprint density at radius 1 is 1.42 bits per heavy atom. The van der Waals surface area contributed by atoms with Gasteiger partial charge in [-0.25, -0.2) is 0 Å². The molecule has 1 N–H and O–H groups in total. The Labute approximate surface area is 175 Å². The predicted molar refractivity (Wildman–Crippen MR) is 112 cm³/mol. The van der Waals surface area contributed by atoms with Crippen molar-refractivity contribution in [2.24, 2.45) is 10.9 Å². The largest absolute Gasteiger partial charge is 0.384 e. The van der Waals surface area contributed by atoms with Crippen LogP contribution in [0.25, 0.3) is 11.4 Å². The average molecular weight is 492 g/mol. The van der Waals surface area contributed by atoms with Crippen molar-refractivity contribution in [1.82, 2.24) is 20.4 Å². The molecule has 3 rings (SSSR count). The van der Waals surface area contributed by atoms with Crippen molar-refractivity contribution in [3.05, 3.63) is 35.2 Å². The highest BCUT2D eigenvalue weighted by Gasteiger charge is 2.24. The molecule has 0 amide bonds. The van der Waals surface area contributed by atoms with Crippen molar-refractivity contribution in [1.29, 1.82) is 0 Å². The van der Waals surface area contributed by atoms with Crippen LogP contribution in [0.15, 0.2) is 33.8 Å². The van der Waals surface area contributed by atoms with Gasteiger partial charge in [0.1, 0.15) is 0 Å². The lowest BCUT2D eigenvalue weighted by Crippen LogP contribution is -2.39. The summed E-state index contributed by atoms with van der Waals surface area (Å²) in [6, 6.07) is 7.33. The molecule has 2 aromatic rings. The maximum Gasteiger partial charge on any atom is 0.246 e. The van der Waals surface area contributed by atoms with Crippen LogP contribution in [0.2, 0.25) is 5.02 Å². The zero-order valence-electron chi connectivity index (χ0n) is 14.8. The lowest BCUT2D eigenvalue weighted by molar-refractivity contribution is 0.157. The summed E-state index contributed by atoms with van der Waals surface area (Å²) in [5.74, 6) is 2.44. The number of ether oxygens (including phenoxy) is 1. The first-order valence-corrected chi connectivity index (χ1v) is 8.60. The number of nitrogens with zero attached hydrogens (tertiary/aromatic N) is 4. The lowest BCUT2D eigenvalue weighted by Gasteiger charge is -2.20. The molecule has 1 atom stereocenters. The Kier molecular flexibility index (Phi) is 8.11. The van der Waals surface area contributed by atoms with Crippen LogP contribution in [0.4, 0.5) is 0 Å². The summed E-state index contributed by atoms with van der Waals surface area (Å²) >= 11 is 5.90. The van der Waals surface area contributed by atoms with E-state index in [0.29, 0.717) is 29.2 Å². The summed E-state index contributed by atoms with van der Waals surface area (Å²) in [5.41, 5.74) is 0.866. The van der Waals surface area contributed by atoms with Gasteiger partial charge in [-0.05, 0) is 30.7 Å². The van der Waals surface area contributed by atoms with Crippen molar-refractivity contribution in [2.75, 3.05) is 33.9 Å². The third-order valence-electron chi connectivity index (χ3n) is 4.17. The van der Waals surface area contributed by atoms with Gasteiger partial charge in [0.05, 0.1) is 13.2 Å². The molecule has 26 heavy (non-hydrogen) atoms. The summed E-state index contributed by atoms with van der Waals surface area (Å²) in [5, 5.41) is 7.97. The Morgan fingerprint density at radius 3 is 2.88 bits per heavy atom. The summed E-state index contributed by atoms with van der Waals surface area (Å²) in [4.78, 5) is 11.0. The molecule has 7 nitrogen and oxygen atoms in total. The van der Waals surface area contributed by atoms with Crippen LogP contribution in [0.5, 0.6) is 0 Å². The number of hydrogen-bond donors (Lipinski definition) is 1. The number of hydrogen-bond acceptors (Lipinski definition) is 5. The van der Waals surface area contributed by atoms with E-state index in [2.05, 4.69) is 25.3 Å². The molecule has 1 fully saturated rings. The first-order valence-electron chi connectivity index (χ1n) is 8.22. The minimum atomic E-state index is 0. The molecular formula is C17H23ClIN5O2. The van der Waals surface area contributed by atoms with Gasteiger partial charge in [0, 0.05) is 43.8 Å². The molecule has 1 aromatic carbocycles. The predicted octanol–water partition coefficient (Wildman–Crippen LogP) is 3.05. The van der Waals surface area contributed by atoms with Crippen LogP contribution in [-0.4, -0.2) is 54.9 Å². The average Bonchev–Trinajstić information content (AvgIpc) is 3.27. The molecule has 1 aliphatic heterocycles. The maximum absolute atomic E-state index is 5.90. The molecule has 1 aliphatic rings. The van der Waals surface area contributed by atoms with Crippen LogP contribution >= 0.6 is 35.6 Å². The minimum Gasteiger partial charge on any atom is -0.384 e. The van der Waals surface area contributed by atoms with Gasteiger partial charge in [-0.1, -0.05) is 16.8 Å². The van der Waals surface area contributed by atoms with E-state index < -0.39 is 0 Å². The second kappa shape index (κ2) is 10.1. The Hall–Kier alpha value is -1.39. The fourth-order valence-electron chi connectivity index (χ4n) is 2.93. The summed E-state index contributed by atoms with van der Waals surface area (Å²) in [6.07, 6.45) is 1.11. The van der Waals surface area contributed by atoms with Gasteiger partial charge in [0.25, 0.3) is 0 Å². The van der Waals surface area contributed by atoms with Crippen molar-refractivity contribution in [2.45, 2.75) is 13.0 Å². The molecule has 0 radical (unpaired) electrons. The van der Waals surface area contributed by atoms with Crippen LogP contribution in [0.3, 0.4) is 0 Å². The fourth-order valence-corrected chi connectivity index (χ4v) is 3.05. The van der Waals surface area contributed by atoms with E-state index in [0.717, 1.165) is 37.6 Å². The molecule has 1 unspecified atom stereocenters. The van der Waals surface area contributed by atoms with E-state index >= 15 is 0 Å². The number of guanidine groups is 1. The molecule has 1 aromatic heterocycles. The van der Waals surface area contributed by atoms with E-state index in [4.69, 9.17) is 20.9 Å². The Balaban J connectivity index is 0.00000243. The number of aliphatic imine (C=N–C) groups is 1. The van der Waals surface area contributed by atoms with E-state index in [1.165, 1.54) is 0 Å². The van der Waals surface area contributed by atoms with Crippen molar-refractivity contribution in [3.63, 3.8) is 0 Å². The van der Waals surface area contributed by atoms with E-state index in [1.54, 1.807) is 26.3 Å². The Morgan fingerprint density at radius 2 is 2.19 bits per heavy atom. The zero-order chi connectivity index (χ0) is 17.6. The molecule has 0 aliphatic carbocycles. The molecule has 9 heteroatoms. The number of likely N-dealkylation sites (tertiary alicyclic amines) is 1.